The fourth-order valence-electron chi connectivity index (χ4n) is 6.13. The summed E-state index contributed by atoms with van der Waals surface area (Å²) in [5.41, 5.74) is -0.633. The maximum absolute atomic E-state index is 14.3. The number of halogens is 4. The van der Waals surface area contributed by atoms with Crippen LogP contribution in [0.25, 0.3) is 16.9 Å². The second-order valence-electron chi connectivity index (χ2n) is 13.0. The quantitative estimate of drug-likeness (QED) is 0.206. The molecule has 3 aromatic heterocycles. The smallest absolute Gasteiger partial charge is 0.416 e. The van der Waals surface area contributed by atoms with Crippen LogP contribution in [0.1, 0.15) is 53.8 Å². The van der Waals surface area contributed by atoms with Crippen molar-refractivity contribution in [3.05, 3.63) is 92.2 Å². The van der Waals surface area contributed by atoms with Crippen molar-refractivity contribution >= 4 is 46.0 Å². The number of carbonyl (C=O) groups excluding carboxylic acids is 2. The molecule has 53 heavy (non-hydrogen) atoms. The Kier molecular flexibility index (Phi) is 9.91. The number of hydrogen-bond acceptors (Lipinski definition) is 10. The van der Waals surface area contributed by atoms with E-state index in [2.05, 4.69) is 25.5 Å². The van der Waals surface area contributed by atoms with Crippen molar-refractivity contribution in [1.29, 1.82) is 0 Å². The Balaban J connectivity index is 1.38. The summed E-state index contributed by atoms with van der Waals surface area (Å²) in [6.07, 6.45) is -3.17. The molecule has 6 rings (SSSR count). The third-order valence-electron chi connectivity index (χ3n) is 8.98. The fraction of sp³-hybridized carbons (Fsp3) is 0.343. The van der Waals surface area contributed by atoms with Gasteiger partial charge in [-0.15, -0.1) is 15.0 Å². The number of anilines is 2. The number of aliphatic hydroxyl groups is 1. The number of aromatic nitrogens is 6. The summed E-state index contributed by atoms with van der Waals surface area (Å²) < 4.78 is 41.2. The first-order valence-electron chi connectivity index (χ1n) is 16.5. The molecule has 0 aliphatic carbocycles. The molecule has 2 aromatic carbocycles. The molecule has 4 heterocycles. The fourth-order valence-corrected chi connectivity index (χ4v) is 6.36. The van der Waals surface area contributed by atoms with E-state index >= 15 is 0 Å². The summed E-state index contributed by atoms with van der Waals surface area (Å²) in [5.74, 6) is -1.46. The molecule has 0 atom stereocenters. The van der Waals surface area contributed by atoms with Crippen LogP contribution in [0.5, 0.6) is 5.75 Å². The van der Waals surface area contributed by atoms with Gasteiger partial charge in [-0.05, 0) is 63.1 Å². The average Bonchev–Trinajstić information content (AvgIpc) is 3.57. The van der Waals surface area contributed by atoms with E-state index in [-0.39, 0.29) is 77.3 Å². The number of alkyl halides is 3. The first-order valence-corrected chi connectivity index (χ1v) is 16.9. The van der Waals surface area contributed by atoms with E-state index in [0.717, 1.165) is 18.2 Å². The predicted molar refractivity (Wildman–Crippen MR) is 189 cm³/mol. The zero-order chi connectivity index (χ0) is 38.4. The molecule has 0 spiro atoms. The number of aromatic hydroxyl groups is 1. The van der Waals surface area contributed by atoms with Crippen LogP contribution in [0, 0.1) is 6.92 Å². The lowest BCUT2D eigenvalue weighted by Crippen LogP contribution is -2.50. The normalized spacial score (nSPS) is 13.8. The van der Waals surface area contributed by atoms with Crippen LogP contribution in [0.2, 0.25) is 5.02 Å². The van der Waals surface area contributed by atoms with Gasteiger partial charge in [0.2, 0.25) is 11.3 Å². The van der Waals surface area contributed by atoms with Crippen molar-refractivity contribution < 1.29 is 33.0 Å². The standard InChI is InChI=1S/C35H35ClF3N9O5/c1-5-25-29(45-12-14-46(15-13-45)33(52)28-30(50)19(2)40-18-41-28)31(51)27-32(44-48(43-27)22-9-6-20(7-10-22)34(3,4)53)47(25)17-26(49)42-24-11-8-21(16-23(24)36)35(37,38)39/h6-11,16,18,50,53H,5,12-15,17H2,1-4H3,(H,42,49). The number of nitrogens with one attached hydrogen (secondary N) is 1. The van der Waals surface area contributed by atoms with E-state index in [1.165, 1.54) is 20.6 Å². The Bertz CT molecular complexity index is 2280. The van der Waals surface area contributed by atoms with Gasteiger partial charge < -0.3 is 29.9 Å². The van der Waals surface area contributed by atoms with Gasteiger partial charge in [0.15, 0.2) is 22.6 Å². The lowest BCUT2D eigenvalue weighted by molar-refractivity contribution is -0.137. The molecule has 14 nitrogen and oxygen atoms in total. The van der Waals surface area contributed by atoms with Crippen LogP contribution >= 0.6 is 11.6 Å². The largest absolute Gasteiger partial charge is 0.504 e. The van der Waals surface area contributed by atoms with Gasteiger partial charge in [0.05, 0.1) is 33.3 Å². The number of nitrogens with zero attached hydrogens (tertiary/aromatic N) is 8. The maximum Gasteiger partial charge on any atom is 0.416 e. The topological polar surface area (TPSA) is 172 Å². The molecule has 0 bridgehead atoms. The number of pyridine rings is 1. The van der Waals surface area contributed by atoms with E-state index in [4.69, 9.17) is 11.6 Å². The van der Waals surface area contributed by atoms with Gasteiger partial charge in [0.1, 0.15) is 18.6 Å². The molecular weight excluding hydrogens is 719 g/mol. The highest BCUT2D eigenvalue weighted by atomic mass is 35.5. The molecule has 2 amide bonds. The lowest BCUT2D eigenvalue weighted by Gasteiger charge is -2.36. The molecule has 0 radical (unpaired) electrons. The molecule has 1 fully saturated rings. The van der Waals surface area contributed by atoms with Crippen molar-refractivity contribution in [2.24, 2.45) is 0 Å². The molecule has 278 valence electrons. The Hall–Kier alpha value is -5.55. The molecule has 0 saturated carbocycles. The second-order valence-corrected chi connectivity index (χ2v) is 13.4. The van der Waals surface area contributed by atoms with E-state index in [1.54, 1.807) is 56.9 Å². The van der Waals surface area contributed by atoms with Gasteiger partial charge in [-0.1, -0.05) is 30.7 Å². The Morgan fingerprint density at radius 1 is 0.981 bits per heavy atom. The van der Waals surface area contributed by atoms with Crippen molar-refractivity contribution in [3.63, 3.8) is 0 Å². The van der Waals surface area contributed by atoms with E-state index in [9.17, 15) is 37.8 Å². The summed E-state index contributed by atoms with van der Waals surface area (Å²) in [7, 11) is 0. The van der Waals surface area contributed by atoms with Crippen molar-refractivity contribution in [1.82, 2.24) is 34.4 Å². The highest BCUT2D eigenvalue weighted by molar-refractivity contribution is 6.33. The van der Waals surface area contributed by atoms with E-state index in [0.29, 0.717) is 16.9 Å². The number of fused-ring (bicyclic) bond motifs is 1. The number of amides is 2. The predicted octanol–water partition coefficient (Wildman–Crippen LogP) is 4.45. The van der Waals surface area contributed by atoms with Crippen molar-refractivity contribution in [3.8, 4) is 11.4 Å². The number of hydrogen-bond donors (Lipinski definition) is 3. The van der Waals surface area contributed by atoms with Gasteiger partial charge in [-0.2, -0.15) is 13.2 Å². The molecule has 1 saturated heterocycles. The van der Waals surface area contributed by atoms with Crippen molar-refractivity contribution in [2.45, 2.75) is 52.4 Å². The molecule has 1 aliphatic rings. The summed E-state index contributed by atoms with van der Waals surface area (Å²) in [6, 6.07) is 9.33. The van der Waals surface area contributed by atoms with Crippen LogP contribution in [-0.2, 0) is 29.5 Å². The molecular formula is C35H35ClF3N9O5. The minimum absolute atomic E-state index is 0.0403. The first-order chi connectivity index (χ1) is 25.0. The third-order valence-corrected chi connectivity index (χ3v) is 9.30. The second kappa shape index (κ2) is 14.1. The maximum atomic E-state index is 14.3. The van der Waals surface area contributed by atoms with Crippen molar-refractivity contribution in [2.75, 3.05) is 36.4 Å². The summed E-state index contributed by atoms with van der Waals surface area (Å²) in [5, 5.41) is 32.2. The monoisotopic (exact) mass is 753 g/mol. The number of aryl methyl sites for hydroxylation is 1. The zero-order valence-electron chi connectivity index (χ0n) is 29.1. The Morgan fingerprint density at radius 3 is 2.25 bits per heavy atom. The van der Waals surface area contributed by atoms with Crippen LogP contribution < -0.4 is 15.6 Å². The SMILES string of the molecule is CCc1c(N2CCN(C(=O)c3ncnc(C)c3O)CC2)c(=O)c2nn(-c3ccc(C(C)(C)O)cc3)nc2n1CC(=O)Nc1ccc(C(F)(F)F)cc1Cl. The zero-order valence-corrected chi connectivity index (χ0v) is 29.8. The molecule has 5 aromatic rings. The van der Waals surface area contributed by atoms with Crippen LogP contribution in [-0.4, -0.2) is 82.6 Å². The Morgan fingerprint density at radius 2 is 1.64 bits per heavy atom. The highest BCUT2D eigenvalue weighted by Crippen LogP contribution is 2.34. The van der Waals surface area contributed by atoms with Crippen LogP contribution in [0.4, 0.5) is 24.5 Å². The van der Waals surface area contributed by atoms with Gasteiger partial charge >= 0.3 is 6.18 Å². The first kappa shape index (κ1) is 37.2. The molecule has 18 heteroatoms. The van der Waals surface area contributed by atoms with E-state index < -0.39 is 41.1 Å². The molecule has 0 unspecified atom stereocenters. The molecule has 1 aliphatic heterocycles. The summed E-state index contributed by atoms with van der Waals surface area (Å²) in [6.45, 7) is 7.00. The summed E-state index contributed by atoms with van der Waals surface area (Å²) >= 11 is 6.12. The van der Waals surface area contributed by atoms with E-state index in [1.807, 2.05) is 0 Å². The molecule has 3 N–H and O–H groups in total. The van der Waals surface area contributed by atoms with Gasteiger partial charge in [0.25, 0.3) is 5.91 Å². The van der Waals surface area contributed by atoms with Gasteiger partial charge in [-0.3, -0.25) is 14.4 Å². The average molecular weight is 754 g/mol. The van der Waals surface area contributed by atoms with Crippen LogP contribution in [0.3, 0.4) is 0 Å². The Labute approximate surface area is 305 Å². The van der Waals surface area contributed by atoms with Gasteiger partial charge in [0, 0.05) is 31.9 Å². The summed E-state index contributed by atoms with van der Waals surface area (Å²) in [4.78, 5) is 53.5. The minimum Gasteiger partial charge on any atom is -0.504 e. The number of piperazine rings is 1. The van der Waals surface area contributed by atoms with Gasteiger partial charge in [-0.25, -0.2) is 9.97 Å². The number of carbonyl (C=O) groups is 2. The minimum atomic E-state index is -4.63. The van der Waals surface area contributed by atoms with Crippen LogP contribution in [0.15, 0.2) is 53.6 Å². The third kappa shape index (κ3) is 7.39. The number of benzene rings is 2. The number of rotatable bonds is 8. The highest BCUT2D eigenvalue weighted by Gasteiger charge is 2.32. The lowest BCUT2D eigenvalue weighted by atomic mass is 9.98.